The largest absolute Gasteiger partial charge is 0.368 e. The Balaban J connectivity index is 1.98. The van der Waals surface area contributed by atoms with Crippen LogP contribution in [0.1, 0.15) is 26.2 Å². The summed E-state index contributed by atoms with van der Waals surface area (Å²) in [7, 11) is 1.80. The van der Waals surface area contributed by atoms with Crippen molar-refractivity contribution >= 4 is 23.4 Å². The van der Waals surface area contributed by atoms with Crippen LogP contribution in [0.2, 0.25) is 5.02 Å². The average Bonchev–Trinajstić information content (AvgIpc) is 2.74. The zero-order valence-corrected chi connectivity index (χ0v) is 11.1. The minimum Gasteiger partial charge on any atom is -0.368 e. The number of anilines is 2. The van der Waals surface area contributed by atoms with Crippen LogP contribution in [-0.4, -0.2) is 23.6 Å². The van der Waals surface area contributed by atoms with Crippen LogP contribution >= 0.6 is 11.6 Å². The number of halogens is 1. The molecule has 1 heterocycles. The first-order valence-electron chi connectivity index (χ1n) is 6.15. The molecule has 17 heavy (non-hydrogen) atoms. The fraction of sp³-hybridized carbons (Fsp3) is 0.667. The Morgan fingerprint density at radius 2 is 2.29 bits per heavy atom. The Kier molecular flexibility index (Phi) is 4.05. The van der Waals surface area contributed by atoms with Crippen molar-refractivity contribution in [2.24, 2.45) is 11.8 Å². The highest BCUT2D eigenvalue weighted by atomic mass is 35.5. The average molecular weight is 255 g/mol. The second-order valence-electron chi connectivity index (χ2n) is 4.69. The van der Waals surface area contributed by atoms with E-state index in [4.69, 9.17) is 11.6 Å². The lowest BCUT2D eigenvalue weighted by atomic mass is 9.98. The van der Waals surface area contributed by atoms with E-state index < -0.39 is 0 Å². The normalized spacial score (nSPS) is 23.7. The molecule has 1 aromatic heterocycles. The van der Waals surface area contributed by atoms with E-state index in [1.807, 2.05) is 0 Å². The standard InChI is InChI=1S/C12H19ClN4/c1-8-4-3-5-9(8)6-15-11-10(13)7-16-12(14-2)17-11/h7-9H,3-6H2,1-2H3,(H2,14,15,16,17). The molecule has 1 aromatic rings. The summed E-state index contributed by atoms with van der Waals surface area (Å²) in [6.07, 6.45) is 5.61. The maximum absolute atomic E-state index is 6.06. The van der Waals surface area contributed by atoms with Crippen molar-refractivity contribution < 1.29 is 0 Å². The molecule has 1 aliphatic carbocycles. The zero-order chi connectivity index (χ0) is 12.3. The van der Waals surface area contributed by atoms with Crippen LogP contribution < -0.4 is 10.6 Å². The summed E-state index contributed by atoms with van der Waals surface area (Å²) in [4.78, 5) is 8.37. The van der Waals surface area contributed by atoms with Crippen molar-refractivity contribution in [1.82, 2.24) is 9.97 Å². The molecule has 0 aromatic carbocycles. The summed E-state index contributed by atoms with van der Waals surface area (Å²) in [5.41, 5.74) is 0. The molecule has 2 N–H and O–H groups in total. The first-order chi connectivity index (χ1) is 8.20. The Morgan fingerprint density at radius 1 is 1.47 bits per heavy atom. The number of hydrogen-bond acceptors (Lipinski definition) is 4. The van der Waals surface area contributed by atoms with Gasteiger partial charge in [0, 0.05) is 13.6 Å². The van der Waals surface area contributed by atoms with E-state index in [1.54, 1.807) is 13.2 Å². The maximum Gasteiger partial charge on any atom is 0.224 e. The smallest absolute Gasteiger partial charge is 0.224 e. The molecular weight excluding hydrogens is 236 g/mol. The molecule has 1 aliphatic rings. The summed E-state index contributed by atoms with van der Waals surface area (Å²) >= 11 is 6.06. The highest BCUT2D eigenvalue weighted by Crippen LogP contribution is 2.31. The van der Waals surface area contributed by atoms with Crippen LogP contribution in [-0.2, 0) is 0 Å². The van der Waals surface area contributed by atoms with Gasteiger partial charge in [0.15, 0.2) is 0 Å². The summed E-state index contributed by atoms with van der Waals surface area (Å²) in [6.45, 7) is 3.26. The van der Waals surface area contributed by atoms with Gasteiger partial charge >= 0.3 is 0 Å². The second-order valence-corrected chi connectivity index (χ2v) is 5.10. The molecule has 5 heteroatoms. The van der Waals surface area contributed by atoms with Gasteiger partial charge in [0.25, 0.3) is 0 Å². The van der Waals surface area contributed by atoms with Crippen LogP contribution in [0.15, 0.2) is 6.20 Å². The number of rotatable bonds is 4. The molecule has 2 atom stereocenters. The summed E-state index contributed by atoms with van der Waals surface area (Å²) in [6, 6.07) is 0. The first kappa shape index (κ1) is 12.4. The topological polar surface area (TPSA) is 49.8 Å². The Labute approximate surface area is 107 Å². The maximum atomic E-state index is 6.06. The van der Waals surface area contributed by atoms with Crippen molar-refractivity contribution in [3.63, 3.8) is 0 Å². The van der Waals surface area contributed by atoms with Crippen molar-refractivity contribution in [3.05, 3.63) is 11.2 Å². The van der Waals surface area contributed by atoms with E-state index in [1.165, 1.54) is 19.3 Å². The van der Waals surface area contributed by atoms with Gasteiger partial charge < -0.3 is 10.6 Å². The summed E-state index contributed by atoms with van der Waals surface area (Å²) in [5, 5.41) is 6.83. The lowest BCUT2D eigenvalue weighted by Gasteiger charge is -2.17. The minimum atomic E-state index is 0.578. The van der Waals surface area contributed by atoms with E-state index in [9.17, 15) is 0 Å². The van der Waals surface area contributed by atoms with E-state index >= 15 is 0 Å². The molecule has 1 saturated carbocycles. The van der Waals surface area contributed by atoms with Crippen LogP contribution in [0.4, 0.5) is 11.8 Å². The molecule has 0 aliphatic heterocycles. The number of hydrogen-bond donors (Lipinski definition) is 2. The van der Waals surface area contributed by atoms with Crippen LogP contribution in [0.5, 0.6) is 0 Å². The van der Waals surface area contributed by atoms with Gasteiger partial charge in [-0.1, -0.05) is 31.4 Å². The predicted molar refractivity (Wildman–Crippen MR) is 71.6 cm³/mol. The minimum absolute atomic E-state index is 0.578. The Morgan fingerprint density at radius 3 is 2.94 bits per heavy atom. The molecule has 0 saturated heterocycles. The van der Waals surface area contributed by atoms with Gasteiger partial charge in [-0.15, -0.1) is 0 Å². The van der Waals surface area contributed by atoms with Gasteiger partial charge in [0.05, 0.1) is 6.20 Å². The Hall–Kier alpha value is -1.03. The molecule has 0 spiro atoms. The number of aromatic nitrogens is 2. The third-order valence-electron chi connectivity index (χ3n) is 3.54. The van der Waals surface area contributed by atoms with Gasteiger partial charge in [-0.3, -0.25) is 0 Å². The van der Waals surface area contributed by atoms with E-state index in [0.29, 0.717) is 11.0 Å². The molecule has 94 valence electrons. The van der Waals surface area contributed by atoms with Crippen molar-refractivity contribution in [3.8, 4) is 0 Å². The molecule has 0 bridgehead atoms. The lowest BCUT2D eigenvalue weighted by Crippen LogP contribution is -2.17. The van der Waals surface area contributed by atoms with E-state index in [2.05, 4.69) is 27.5 Å². The van der Waals surface area contributed by atoms with Gasteiger partial charge in [0.1, 0.15) is 10.8 Å². The second kappa shape index (κ2) is 5.54. The van der Waals surface area contributed by atoms with E-state index in [-0.39, 0.29) is 0 Å². The van der Waals surface area contributed by atoms with Gasteiger partial charge in [-0.05, 0) is 18.3 Å². The van der Waals surface area contributed by atoms with Crippen LogP contribution in [0.3, 0.4) is 0 Å². The SMILES string of the molecule is CNc1ncc(Cl)c(NCC2CCCC2C)n1. The first-order valence-corrected chi connectivity index (χ1v) is 6.52. The lowest BCUT2D eigenvalue weighted by molar-refractivity contribution is 0.439. The van der Waals surface area contributed by atoms with Gasteiger partial charge in [-0.25, -0.2) is 4.98 Å². The fourth-order valence-corrected chi connectivity index (χ4v) is 2.52. The summed E-state index contributed by atoms with van der Waals surface area (Å²) < 4.78 is 0. The number of nitrogens with one attached hydrogen (secondary N) is 2. The molecule has 0 radical (unpaired) electrons. The highest BCUT2D eigenvalue weighted by Gasteiger charge is 2.23. The summed E-state index contributed by atoms with van der Waals surface area (Å²) in [5.74, 6) is 2.85. The van der Waals surface area contributed by atoms with Crippen molar-refractivity contribution in [1.29, 1.82) is 0 Å². The molecule has 2 unspecified atom stereocenters. The van der Waals surface area contributed by atoms with Crippen LogP contribution in [0, 0.1) is 11.8 Å². The molecule has 2 rings (SSSR count). The monoisotopic (exact) mass is 254 g/mol. The number of nitrogens with zero attached hydrogens (tertiary/aromatic N) is 2. The Bertz CT molecular complexity index is 383. The third kappa shape index (κ3) is 3.00. The molecule has 0 amide bonds. The zero-order valence-electron chi connectivity index (χ0n) is 10.3. The third-order valence-corrected chi connectivity index (χ3v) is 3.82. The highest BCUT2D eigenvalue weighted by molar-refractivity contribution is 6.32. The van der Waals surface area contributed by atoms with Gasteiger partial charge in [0.2, 0.25) is 5.95 Å². The van der Waals surface area contributed by atoms with Crippen molar-refractivity contribution in [2.75, 3.05) is 24.2 Å². The molecular formula is C12H19ClN4. The van der Waals surface area contributed by atoms with Gasteiger partial charge in [-0.2, -0.15) is 4.98 Å². The fourth-order valence-electron chi connectivity index (χ4n) is 2.36. The predicted octanol–water partition coefficient (Wildman–Crippen LogP) is 3.02. The molecule has 1 fully saturated rings. The molecule has 4 nitrogen and oxygen atoms in total. The van der Waals surface area contributed by atoms with Crippen LogP contribution in [0.25, 0.3) is 0 Å². The quantitative estimate of drug-likeness (QED) is 0.867. The van der Waals surface area contributed by atoms with E-state index in [0.717, 1.165) is 24.2 Å². The van der Waals surface area contributed by atoms with Crippen molar-refractivity contribution in [2.45, 2.75) is 26.2 Å².